The summed E-state index contributed by atoms with van der Waals surface area (Å²) in [7, 11) is 0. The predicted octanol–water partition coefficient (Wildman–Crippen LogP) is 2.42. The molecule has 1 aromatic carbocycles. The van der Waals surface area contributed by atoms with Gasteiger partial charge in [-0.3, -0.25) is 0 Å². The van der Waals surface area contributed by atoms with Gasteiger partial charge < -0.3 is 4.74 Å². The average molecular weight is 339 g/mol. The molecule has 2 heterocycles. The molecule has 102 valence electrons. The molecule has 6 nitrogen and oxygen atoms in total. The van der Waals surface area contributed by atoms with Gasteiger partial charge in [0.25, 0.3) is 0 Å². The van der Waals surface area contributed by atoms with Crippen molar-refractivity contribution in [3.63, 3.8) is 0 Å². The molecule has 2 aromatic heterocycles. The molecule has 0 aliphatic carbocycles. The third-order valence-electron chi connectivity index (χ3n) is 2.66. The Labute approximate surface area is 120 Å². The van der Waals surface area contributed by atoms with Gasteiger partial charge >= 0.3 is 5.69 Å². The van der Waals surface area contributed by atoms with Crippen LogP contribution in [0.25, 0.3) is 5.65 Å². The second-order valence-corrected chi connectivity index (χ2v) is 4.90. The third kappa shape index (κ3) is 2.18. The Hall–Kier alpha value is -2.22. The molecular weight excluding hydrogens is 331 g/mol. The van der Waals surface area contributed by atoms with E-state index in [0.717, 1.165) is 0 Å². The number of halogens is 2. The van der Waals surface area contributed by atoms with Gasteiger partial charge in [0.2, 0.25) is 5.88 Å². The molecule has 0 bridgehead atoms. The van der Waals surface area contributed by atoms with Crippen LogP contribution >= 0.6 is 15.9 Å². The molecule has 0 saturated carbocycles. The Balaban J connectivity index is 2.02. The second-order valence-electron chi connectivity index (χ2n) is 4.04. The number of ether oxygens (including phenoxy) is 1. The van der Waals surface area contributed by atoms with Crippen molar-refractivity contribution in [2.45, 2.75) is 6.92 Å². The molecule has 0 aliphatic rings. The van der Waals surface area contributed by atoms with Crippen LogP contribution in [0.2, 0.25) is 0 Å². The second kappa shape index (κ2) is 4.71. The zero-order valence-electron chi connectivity index (χ0n) is 10.2. The molecule has 0 amide bonds. The highest BCUT2D eigenvalue weighted by molar-refractivity contribution is 9.10. The number of nitrogens with zero attached hydrogens (tertiary/aromatic N) is 3. The number of benzene rings is 1. The standard InChI is InChI=1S/C12H8BrFN4O2/c1-6-15-11(5-10-16-17-12(19)18(6)10)20-7-2-3-9(14)8(13)4-7/h2-5H,1H3,(H,17,19). The quantitative estimate of drug-likeness (QED) is 0.778. The first-order chi connectivity index (χ1) is 9.54. The molecule has 3 rings (SSSR count). The zero-order chi connectivity index (χ0) is 14.3. The topological polar surface area (TPSA) is 72.3 Å². The van der Waals surface area contributed by atoms with Crippen molar-refractivity contribution in [3.8, 4) is 11.6 Å². The van der Waals surface area contributed by atoms with E-state index in [2.05, 4.69) is 31.1 Å². The minimum absolute atomic E-state index is 0.271. The summed E-state index contributed by atoms with van der Waals surface area (Å²) >= 11 is 3.08. The summed E-state index contributed by atoms with van der Waals surface area (Å²) in [6.45, 7) is 1.66. The van der Waals surface area contributed by atoms with Gasteiger partial charge in [0, 0.05) is 6.07 Å². The van der Waals surface area contributed by atoms with Crippen molar-refractivity contribution in [3.05, 3.63) is 50.9 Å². The van der Waals surface area contributed by atoms with Crippen LogP contribution in [0.1, 0.15) is 5.82 Å². The maximum Gasteiger partial charge on any atom is 0.349 e. The lowest BCUT2D eigenvalue weighted by molar-refractivity contribution is 0.457. The lowest BCUT2D eigenvalue weighted by Crippen LogP contribution is -2.13. The highest BCUT2D eigenvalue weighted by Gasteiger charge is 2.09. The molecule has 0 spiro atoms. The SMILES string of the molecule is Cc1nc(Oc2ccc(F)c(Br)c2)cc2n[nH]c(=O)n12. The van der Waals surface area contributed by atoms with Crippen molar-refractivity contribution in [2.24, 2.45) is 0 Å². The van der Waals surface area contributed by atoms with Gasteiger partial charge in [-0.05, 0) is 41.1 Å². The van der Waals surface area contributed by atoms with Crippen LogP contribution in [0.15, 0.2) is 33.5 Å². The van der Waals surface area contributed by atoms with Gasteiger partial charge in [-0.1, -0.05) is 0 Å². The molecule has 8 heteroatoms. The van der Waals surface area contributed by atoms with Crippen molar-refractivity contribution in [1.29, 1.82) is 0 Å². The normalized spacial score (nSPS) is 10.9. The van der Waals surface area contributed by atoms with E-state index in [-0.39, 0.29) is 17.4 Å². The minimum Gasteiger partial charge on any atom is -0.439 e. The van der Waals surface area contributed by atoms with Crippen LogP contribution < -0.4 is 10.4 Å². The van der Waals surface area contributed by atoms with Crippen molar-refractivity contribution in [2.75, 3.05) is 0 Å². The van der Waals surface area contributed by atoms with Crippen molar-refractivity contribution in [1.82, 2.24) is 19.6 Å². The molecule has 0 unspecified atom stereocenters. The van der Waals surface area contributed by atoms with Gasteiger partial charge in [0.05, 0.1) is 4.47 Å². The van der Waals surface area contributed by atoms with Gasteiger partial charge in [-0.2, -0.15) is 10.1 Å². The third-order valence-corrected chi connectivity index (χ3v) is 3.27. The molecule has 20 heavy (non-hydrogen) atoms. The van der Waals surface area contributed by atoms with Crippen LogP contribution in [0, 0.1) is 12.7 Å². The molecule has 0 saturated heterocycles. The fraction of sp³-hybridized carbons (Fsp3) is 0.0833. The Morgan fingerprint density at radius 2 is 2.20 bits per heavy atom. The molecule has 0 atom stereocenters. The van der Waals surface area contributed by atoms with E-state index in [4.69, 9.17) is 4.74 Å². The van der Waals surface area contributed by atoms with Gasteiger partial charge in [-0.15, -0.1) is 0 Å². The summed E-state index contributed by atoms with van der Waals surface area (Å²) < 4.78 is 20.3. The van der Waals surface area contributed by atoms with E-state index in [1.54, 1.807) is 6.92 Å². The Morgan fingerprint density at radius 1 is 1.40 bits per heavy atom. The van der Waals surface area contributed by atoms with Crippen LogP contribution in [-0.2, 0) is 0 Å². The largest absolute Gasteiger partial charge is 0.439 e. The van der Waals surface area contributed by atoms with Crippen LogP contribution in [0.3, 0.4) is 0 Å². The summed E-state index contributed by atoms with van der Waals surface area (Å²) in [5.74, 6) is 0.758. The van der Waals surface area contributed by atoms with E-state index >= 15 is 0 Å². The summed E-state index contributed by atoms with van der Waals surface area (Å²) in [4.78, 5) is 15.6. The van der Waals surface area contributed by atoms with E-state index in [9.17, 15) is 9.18 Å². The lowest BCUT2D eigenvalue weighted by atomic mass is 10.3. The fourth-order valence-electron chi connectivity index (χ4n) is 1.78. The van der Waals surface area contributed by atoms with E-state index < -0.39 is 0 Å². The van der Waals surface area contributed by atoms with Crippen LogP contribution in [0.4, 0.5) is 4.39 Å². The molecule has 1 N–H and O–H groups in total. The smallest absolute Gasteiger partial charge is 0.349 e. The van der Waals surface area contributed by atoms with Crippen LogP contribution in [-0.4, -0.2) is 19.6 Å². The van der Waals surface area contributed by atoms with Gasteiger partial charge in [0.15, 0.2) is 5.65 Å². The number of hydrogen-bond acceptors (Lipinski definition) is 4. The van der Waals surface area contributed by atoms with Crippen LogP contribution in [0.5, 0.6) is 11.6 Å². The number of fused-ring (bicyclic) bond motifs is 1. The first-order valence-electron chi connectivity index (χ1n) is 5.62. The molecule has 0 aliphatic heterocycles. The van der Waals surface area contributed by atoms with E-state index in [1.165, 1.54) is 28.7 Å². The average Bonchev–Trinajstić information content (AvgIpc) is 2.76. The van der Waals surface area contributed by atoms with E-state index in [1.807, 2.05) is 0 Å². The first kappa shape index (κ1) is 12.8. The summed E-state index contributed by atoms with van der Waals surface area (Å²) in [6.07, 6.45) is 0. The summed E-state index contributed by atoms with van der Waals surface area (Å²) in [6, 6.07) is 5.78. The molecular formula is C12H8BrFN4O2. The maximum atomic E-state index is 13.1. The zero-order valence-corrected chi connectivity index (χ0v) is 11.8. The van der Waals surface area contributed by atoms with Crippen molar-refractivity contribution < 1.29 is 9.13 Å². The van der Waals surface area contributed by atoms with Crippen molar-refractivity contribution >= 4 is 21.6 Å². The first-order valence-corrected chi connectivity index (χ1v) is 6.41. The molecule has 3 aromatic rings. The number of nitrogens with one attached hydrogen (secondary N) is 1. The lowest BCUT2D eigenvalue weighted by Gasteiger charge is -2.06. The number of H-pyrrole nitrogens is 1. The number of hydrogen-bond donors (Lipinski definition) is 1. The summed E-state index contributed by atoms with van der Waals surface area (Å²) in [5, 5.41) is 6.18. The number of aromatic amines is 1. The highest BCUT2D eigenvalue weighted by atomic mass is 79.9. The number of aryl methyl sites for hydroxylation is 1. The van der Waals surface area contributed by atoms with E-state index in [0.29, 0.717) is 21.7 Å². The predicted molar refractivity (Wildman–Crippen MR) is 72.5 cm³/mol. The fourth-order valence-corrected chi connectivity index (χ4v) is 2.14. The van der Waals surface area contributed by atoms with Gasteiger partial charge in [-0.25, -0.2) is 18.7 Å². The Morgan fingerprint density at radius 3 is 2.95 bits per heavy atom. The number of rotatable bonds is 2. The minimum atomic E-state index is -0.379. The Bertz CT molecular complexity index is 858. The highest BCUT2D eigenvalue weighted by Crippen LogP contribution is 2.25. The Kier molecular flexibility index (Phi) is 3.01. The molecule has 0 fully saturated rings. The molecule has 0 radical (unpaired) electrons. The van der Waals surface area contributed by atoms with Gasteiger partial charge in [0.1, 0.15) is 17.4 Å². The monoisotopic (exact) mass is 338 g/mol. The maximum absolute atomic E-state index is 13.1. The number of aromatic nitrogens is 4. The summed E-state index contributed by atoms with van der Waals surface area (Å²) in [5.41, 5.74) is 0.0414.